The van der Waals surface area contributed by atoms with Gasteiger partial charge in [-0.1, -0.05) is 18.7 Å². The predicted molar refractivity (Wildman–Crippen MR) is 149 cm³/mol. The first-order valence-corrected chi connectivity index (χ1v) is 13.6. The number of nitrogens with one attached hydrogen (secondary N) is 1. The fraction of sp³-hybridized carbons (Fsp3) is 0.536. The van der Waals surface area contributed by atoms with Crippen molar-refractivity contribution in [2.45, 2.75) is 32.4 Å². The summed E-state index contributed by atoms with van der Waals surface area (Å²) in [5, 5.41) is 2.75. The lowest BCUT2D eigenvalue weighted by atomic mass is 10.0. The molecule has 1 aromatic carbocycles. The van der Waals surface area contributed by atoms with Crippen LogP contribution in [0.15, 0.2) is 53.6 Å². The van der Waals surface area contributed by atoms with Gasteiger partial charge in [-0.15, -0.1) is 0 Å². The monoisotopic (exact) mass is 520 g/mol. The third kappa shape index (κ3) is 5.48. The van der Waals surface area contributed by atoms with E-state index in [1.807, 2.05) is 19.1 Å². The number of urea groups is 1. The first-order chi connectivity index (χ1) is 18.2. The van der Waals surface area contributed by atoms with Crippen LogP contribution in [0, 0.1) is 17.8 Å². The quantitative estimate of drug-likeness (QED) is 0.479. The molecule has 5 N–H and O–H groups in total. The summed E-state index contributed by atoms with van der Waals surface area (Å²) in [7, 11) is 0. The molecule has 204 valence electrons. The van der Waals surface area contributed by atoms with Gasteiger partial charge in [-0.2, -0.15) is 4.98 Å². The number of fused-ring (bicyclic) bond motifs is 1. The Kier molecular flexibility index (Phi) is 7.56. The van der Waals surface area contributed by atoms with Crippen molar-refractivity contribution >= 4 is 11.8 Å². The van der Waals surface area contributed by atoms with E-state index in [0.29, 0.717) is 32.2 Å². The van der Waals surface area contributed by atoms with Crippen molar-refractivity contribution in [2.24, 2.45) is 29.2 Å². The fourth-order valence-corrected chi connectivity index (χ4v) is 6.00. The molecule has 10 heteroatoms. The summed E-state index contributed by atoms with van der Waals surface area (Å²) in [6, 6.07) is 9.79. The molecule has 2 aromatic rings. The zero-order chi connectivity index (χ0) is 27.0. The second kappa shape index (κ2) is 10.9. The number of hydrogen-bond donors (Lipinski definition) is 3. The molecule has 2 aliphatic heterocycles. The van der Waals surface area contributed by atoms with Crippen LogP contribution in [0.1, 0.15) is 19.4 Å². The van der Waals surface area contributed by atoms with E-state index in [2.05, 4.69) is 45.7 Å². The molecule has 1 saturated carbocycles. The molecule has 3 unspecified atom stereocenters. The number of piperidine rings is 1. The smallest absolute Gasteiger partial charge is 0.354 e. The molecule has 1 aromatic heterocycles. The van der Waals surface area contributed by atoms with Crippen LogP contribution >= 0.6 is 0 Å². The van der Waals surface area contributed by atoms with E-state index in [9.17, 15) is 9.59 Å². The maximum atomic E-state index is 12.7. The highest BCUT2D eigenvalue weighted by atomic mass is 16.2. The third-order valence-electron chi connectivity index (χ3n) is 8.58. The molecular weight excluding hydrogens is 480 g/mol. The highest BCUT2D eigenvalue weighted by molar-refractivity contribution is 5.88. The molecule has 1 aliphatic carbocycles. The SMILES string of the molecule is C=C(C(C)N)N1CCN(C(=O)Nc2ccn(-c3ccc(CC(C)N4C[C@@H]5C(CN)[C@@H]5C4)cc3)c(=O)n2)CC1. The van der Waals surface area contributed by atoms with Gasteiger partial charge in [-0.05, 0) is 68.3 Å². The van der Waals surface area contributed by atoms with E-state index in [-0.39, 0.29) is 17.9 Å². The van der Waals surface area contributed by atoms with Crippen LogP contribution in [0.25, 0.3) is 5.69 Å². The number of carbonyl (C=O) groups is 1. The van der Waals surface area contributed by atoms with Gasteiger partial charge in [0.05, 0.1) is 5.69 Å². The Morgan fingerprint density at radius 1 is 1.08 bits per heavy atom. The van der Waals surface area contributed by atoms with Crippen LogP contribution in [-0.4, -0.2) is 88.2 Å². The van der Waals surface area contributed by atoms with Crippen molar-refractivity contribution in [3.8, 4) is 5.69 Å². The first-order valence-electron chi connectivity index (χ1n) is 13.6. The molecule has 5 atom stereocenters. The molecule has 38 heavy (non-hydrogen) atoms. The van der Waals surface area contributed by atoms with E-state index in [0.717, 1.165) is 55.2 Å². The van der Waals surface area contributed by atoms with Crippen molar-refractivity contribution in [3.63, 3.8) is 0 Å². The lowest BCUT2D eigenvalue weighted by Crippen LogP contribution is -2.51. The number of carbonyl (C=O) groups excluding carboxylic acids is 1. The van der Waals surface area contributed by atoms with Crippen LogP contribution in [0.4, 0.5) is 10.6 Å². The number of amides is 2. The van der Waals surface area contributed by atoms with Crippen molar-refractivity contribution < 1.29 is 4.79 Å². The van der Waals surface area contributed by atoms with E-state index in [1.54, 1.807) is 17.2 Å². The maximum Gasteiger partial charge on any atom is 0.354 e. The Morgan fingerprint density at radius 2 is 1.71 bits per heavy atom. The minimum Gasteiger partial charge on any atom is -0.370 e. The average molecular weight is 521 g/mol. The number of nitrogens with zero attached hydrogens (tertiary/aromatic N) is 5. The lowest BCUT2D eigenvalue weighted by molar-refractivity contribution is 0.164. The van der Waals surface area contributed by atoms with E-state index in [4.69, 9.17) is 11.5 Å². The summed E-state index contributed by atoms with van der Waals surface area (Å²) in [5.41, 5.74) is 14.2. The number of piperazine rings is 1. The average Bonchev–Trinajstić information content (AvgIpc) is 3.38. The Hall–Kier alpha value is -3.21. The highest BCUT2D eigenvalue weighted by Crippen LogP contribution is 2.51. The van der Waals surface area contributed by atoms with Crippen LogP contribution in [0.3, 0.4) is 0 Å². The Morgan fingerprint density at radius 3 is 2.29 bits per heavy atom. The summed E-state index contributed by atoms with van der Waals surface area (Å²) in [5.74, 6) is 2.58. The highest BCUT2D eigenvalue weighted by Gasteiger charge is 2.55. The molecule has 2 amide bonds. The summed E-state index contributed by atoms with van der Waals surface area (Å²) in [6.45, 7) is 13.8. The topological polar surface area (TPSA) is 126 Å². The number of benzene rings is 1. The number of nitrogens with two attached hydrogens (primary N) is 2. The zero-order valence-corrected chi connectivity index (χ0v) is 22.4. The number of rotatable bonds is 8. The molecule has 10 nitrogen and oxygen atoms in total. The largest absolute Gasteiger partial charge is 0.370 e. The minimum absolute atomic E-state index is 0.115. The van der Waals surface area contributed by atoms with Crippen molar-refractivity contribution in [2.75, 3.05) is 51.1 Å². The van der Waals surface area contributed by atoms with Gasteiger partial charge in [-0.25, -0.2) is 9.59 Å². The zero-order valence-electron chi connectivity index (χ0n) is 22.4. The lowest BCUT2D eigenvalue weighted by Gasteiger charge is -2.37. The van der Waals surface area contributed by atoms with Gasteiger partial charge in [0.15, 0.2) is 0 Å². The van der Waals surface area contributed by atoms with E-state index < -0.39 is 5.69 Å². The molecule has 2 saturated heterocycles. The van der Waals surface area contributed by atoms with Crippen LogP contribution in [-0.2, 0) is 6.42 Å². The van der Waals surface area contributed by atoms with Crippen LogP contribution in [0.5, 0.6) is 0 Å². The molecule has 3 fully saturated rings. The van der Waals surface area contributed by atoms with Crippen molar-refractivity contribution in [1.29, 1.82) is 0 Å². The second-order valence-electron chi connectivity index (χ2n) is 11.1. The second-order valence-corrected chi connectivity index (χ2v) is 11.1. The molecule has 0 radical (unpaired) electrons. The fourth-order valence-electron chi connectivity index (χ4n) is 6.00. The summed E-state index contributed by atoms with van der Waals surface area (Å²) >= 11 is 0. The number of likely N-dealkylation sites (tertiary alicyclic amines) is 1. The molecular formula is C28H40N8O2. The summed E-state index contributed by atoms with van der Waals surface area (Å²) < 4.78 is 1.49. The predicted octanol–water partition coefficient (Wildman–Crippen LogP) is 1.31. The van der Waals surface area contributed by atoms with Gasteiger partial charge in [0.25, 0.3) is 0 Å². The summed E-state index contributed by atoms with van der Waals surface area (Å²) in [4.78, 5) is 35.9. The molecule has 0 spiro atoms. The molecule has 3 heterocycles. The standard InChI is InChI=1S/C28H40N8O2/c1-18(35-16-24-23(15-29)25(24)17-35)14-21-4-6-22(7-5-21)36-9-8-26(32-28(36)38)31-27(37)34-12-10-33(11-13-34)20(3)19(2)30/h4-9,18-19,23-25H,3,10-17,29-30H2,1-2H3,(H,31,32,37,38)/t18?,19?,23?,24-,25+. The van der Waals surface area contributed by atoms with E-state index >= 15 is 0 Å². The maximum absolute atomic E-state index is 12.7. The van der Waals surface area contributed by atoms with Gasteiger partial charge in [0.1, 0.15) is 5.82 Å². The van der Waals surface area contributed by atoms with Gasteiger partial charge in [0, 0.05) is 63.2 Å². The van der Waals surface area contributed by atoms with E-state index in [1.165, 1.54) is 10.1 Å². The normalized spacial score (nSPS) is 24.6. The van der Waals surface area contributed by atoms with Crippen LogP contribution < -0.4 is 22.5 Å². The number of anilines is 1. The molecule has 5 rings (SSSR count). The first kappa shape index (κ1) is 26.4. The minimum atomic E-state index is -0.437. The van der Waals surface area contributed by atoms with Gasteiger partial charge in [-0.3, -0.25) is 14.8 Å². The summed E-state index contributed by atoms with van der Waals surface area (Å²) in [6.07, 6.45) is 2.62. The third-order valence-corrected chi connectivity index (χ3v) is 8.58. The molecule has 0 bridgehead atoms. The van der Waals surface area contributed by atoms with Gasteiger partial charge in [0.2, 0.25) is 0 Å². The number of aromatic nitrogens is 2. The number of hydrogen-bond acceptors (Lipinski definition) is 7. The van der Waals surface area contributed by atoms with Crippen LogP contribution in [0.2, 0.25) is 0 Å². The van der Waals surface area contributed by atoms with Gasteiger partial charge >= 0.3 is 11.7 Å². The Balaban J connectivity index is 1.14. The Labute approximate surface area is 224 Å². The van der Waals surface area contributed by atoms with Crippen molar-refractivity contribution in [1.82, 2.24) is 24.3 Å². The molecule has 3 aliphatic rings. The van der Waals surface area contributed by atoms with Gasteiger partial charge < -0.3 is 21.3 Å². The van der Waals surface area contributed by atoms with Crippen molar-refractivity contribution in [3.05, 3.63) is 64.9 Å². The Bertz CT molecular complexity index is 1210.